The van der Waals surface area contributed by atoms with E-state index in [0.717, 1.165) is 18.4 Å². The summed E-state index contributed by atoms with van der Waals surface area (Å²) in [6.07, 6.45) is 2.48. The van der Waals surface area contributed by atoms with E-state index in [0.29, 0.717) is 19.1 Å². The number of carbonyl (C=O) groups excluding carboxylic acids is 1. The summed E-state index contributed by atoms with van der Waals surface area (Å²) < 4.78 is 26.9. The van der Waals surface area contributed by atoms with E-state index < -0.39 is 5.82 Å². The molecule has 1 aliphatic carbocycles. The molecular formula is C19H20F2N2O. The number of rotatable bonds is 7. The molecule has 3 rings (SSSR count). The number of nitrogens with one attached hydrogen (secondary N) is 1. The van der Waals surface area contributed by atoms with Gasteiger partial charge in [-0.15, -0.1) is 0 Å². The van der Waals surface area contributed by atoms with Crippen molar-refractivity contribution in [3.8, 4) is 0 Å². The molecule has 1 fully saturated rings. The van der Waals surface area contributed by atoms with Crippen LogP contribution in [0.2, 0.25) is 0 Å². The molecule has 2 aromatic rings. The Hall–Kier alpha value is -2.27. The first-order valence-electron chi connectivity index (χ1n) is 8.15. The number of benzene rings is 2. The van der Waals surface area contributed by atoms with Crippen molar-refractivity contribution in [2.75, 3.05) is 11.9 Å². The van der Waals surface area contributed by atoms with E-state index >= 15 is 0 Å². The van der Waals surface area contributed by atoms with Gasteiger partial charge in [0.15, 0.2) is 0 Å². The predicted molar refractivity (Wildman–Crippen MR) is 89.5 cm³/mol. The summed E-state index contributed by atoms with van der Waals surface area (Å²) in [5.41, 5.74) is 1.10. The number of hydrogen-bond donors (Lipinski definition) is 1. The number of carbonyl (C=O) groups is 1. The number of anilines is 1. The van der Waals surface area contributed by atoms with E-state index in [4.69, 9.17) is 0 Å². The van der Waals surface area contributed by atoms with Crippen LogP contribution in [0.4, 0.5) is 14.5 Å². The highest BCUT2D eigenvalue weighted by Gasteiger charge is 2.29. The number of halogens is 2. The summed E-state index contributed by atoms with van der Waals surface area (Å²) in [4.78, 5) is 14.2. The zero-order chi connectivity index (χ0) is 16.9. The molecule has 1 N–H and O–H groups in total. The summed E-state index contributed by atoms with van der Waals surface area (Å²) in [6.45, 7) is 1.19. The highest BCUT2D eigenvalue weighted by atomic mass is 19.1. The molecule has 0 radical (unpaired) electrons. The summed E-state index contributed by atoms with van der Waals surface area (Å²) in [6, 6.07) is 13.1. The highest BCUT2D eigenvalue weighted by Crippen LogP contribution is 2.28. The Morgan fingerprint density at radius 1 is 1.12 bits per heavy atom. The van der Waals surface area contributed by atoms with E-state index in [2.05, 4.69) is 10.2 Å². The van der Waals surface area contributed by atoms with Gasteiger partial charge >= 0.3 is 0 Å². The lowest BCUT2D eigenvalue weighted by molar-refractivity contribution is -0.116. The molecule has 0 unspecified atom stereocenters. The second-order valence-electron chi connectivity index (χ2n) is 6.11. The average Bonchev–Trinajstić information content (AvgIpc) is 3.38. The number of hydrogen-bond acceptors (Lipinski definition) is 2. The third-order valence-electron chi connectivity index (χ3n) is 4.11. The Morgan fingerprint density at radius 2 is 1.92 bits per heavy atom. The Morgan fingerprint density at radius 3 is 2.62 bits per heavy atom. The third kappa shape index (κ3) is 4.61. The maximum absolute atomic E-state index is 13.6. The smallest absolute Gasteiger partial charge is 0.225 e. The minimum atomic E-state index is -0.440. The standard InChI is InChI=1S/C19H20F2N2O/c20-15-5-3-4-14(12-15)13-23(16-8-9-16)11-10-19(24)22-18-7-2-1-6-17(18)21/h1-7,12,16H,8-11,13H2,(H,22,24). The SMILES string of the molecule is O=C(CCN(Cc1cccc(F)c1)C1CC1)Nc1ccccc1F. The molecule has 126 valence electrons. The maximum Gasteiger partial charge on any atom is 0.225 e. The molecule has 1 amide bonds. The van der Waals surface area contributed by atoms with Crippen LogP contribution in [0.1, 0.15) is 24.8 Å². The molecule has 0 bridgehead atoms. The summed E-state index contributed by atoms with van der Waals surface area (Å²) in [7, 11) is 0. The first-order valence-corrected chi connectivity index (χ1v) is 8.15. The second-order valence-corrected chi connectivity index (χ2v) is 6.11. The van der Waals surface area contributed by atoms with Gasteiger partial charge in [-0.2, -0.15) is 0 Å². The first kappa shape index (κ1) is 16.6. The van der Waals surface area contributed by atoms with Crippen molar-refractivity contribution >= 4 is 11.6 Å². The molecule has 3 nitrogen and oxygen atoms in total. The van der Waals surface area contributed by atoms with Crippen molar-refractivity contribution < 1.29 is 13.6 Å². The topological polar surface area (TPSA) is 32.3 Å². The van der Waals surface area contributed by atoms with Crippen molar-refractivity contribution in [2.45, 2.75) is 31.8 Å². The molecule has 0 aliphatic heterocycles. The molecule has 0 saturated heterocycles. The zero-order valence-electron chi connectivity index (χ0n) is 13.3. The summed E-state index contributed by atoms with van der Waals surface area (Å²) in [5.74, 6) is -0.907. The molecule has 0 aromatic heterocycles. The molecule has 1 aliphatic rings. The van der Waals surface area contributed by atoms with Gasteiger partial charge in [0.1, 0.15) is 11.6 Å². The van der Waals surface area contributed by atoms with Gasteiger partial charge in [0, 0.05) is 25.6 Å². The first-order chi connectivity index (χ1) is 11.6. The minimum Gasteiger partial charge on any atom is -0.324 e. The lowest BCUT2D eigenvalue weighted by Crippen LogP contribution is -2.29. The lowest BCUT2D eigenvalue weighted by Gasteiger charge is -2.22. The largest absolute Gasteiger partial charge is 0.324 e. The van der Waals surface area contributed by atoms with Gasteiger partial charge in [-0.05, 0) is 42.7 Å². The van der Waals surface area contributed by atoms with E-state index in [1.165, 1.54) is 18.2 Å². The van der Waals surface area contributed by atoms with Crippen LogP contribution in [0.25, 0.3) is 0 Å². The van der Waals surface area contributed by atoms with Crippen LogP contribution in [-0.4, -0.2) is 23.4 Å². The Labute approximate surface area is 140 Å². The van der Waals surface area contributed by atoms with Gasteiger partial charge in [-0.25, -0.2) is 8.78 Å². The van der Waals surface area contributed by atoms with Gasteiger partial charge in [-0.3, -0.25) is 9.69 Å². The molecule has 5 heteroatoms. The molecule has 0 spiro atoms. The van der Waals surface area contributed by atoms with Gasteiger partial charge < -0.3 is 5.32 Å². The number of amides is 1. The van der Waals surface area contributed by atoms with Gasteiger partial charge in [0.05, 0.1) is 5.69 Å². The summed E-state index contributed by atoms with van der Waals surface area (Å²) >= 11 is 0. The molecule has 1 saturated carbocycles. The van der Waals surface area contributed by atoms with Crippen molar-refractivity contribution in [3.05, 3.63) is 65.7 Å². The van der Waals surface area contributed by atoms with Crippen LogP contribution in [0.3, 0.4) is 0 Å². The van der Waals surface area contributed by atoms with Gasteiger partial charge in [0.25, 0.3) is 0 Å². The maximum atomic E-state index is 13.6. The number of para-hydroxylation sites is 1. The highest BCUT2D eigenvalue weighted by molar-refractivity contribution is 5.90. The van der Waals surface area contributed by atoms with Gasteiger partial charge in [0.2, 0.25) is 5.91 Å². The fourth-order valence-electron chi connectivity index (χ4n) is 2.72. The van der Waals surface area contributed by atoms with Crippen molar-refractivity contribution in [2.24, 2.45) is 0 Å². The molecule has 2 aromatic carbocycles. The summed E-state index contributed by atoms with van der Waals surface area (Å²) in [5, 5.41) is 2.60. The normalized spacial score (nSPS) is 14.0. The van der Waals surface area contributed by atoms with Crippen molar-refractivity contribution in [1.82, 2.24) is 4.90 Å². The van der Waals surface area contributed by atoms with Crippen LogP contribution in [0.15, 0.2) is 48.5 Å². The van der Waals surface area contributed by atoms with Crippen LogP contribution in [-0.2, 0) is 11.3 Å². The average molecular weight is 330 g/mol. The molecule has 24 heavy (non-hydrogen) atoms. The quantitative estimate of drug-likeness (QED) is 0.833. The fourth-order valence-corrected chi connectivity index (χ4v) is 2.72. The third-order valence-corrected chi connectivity index (χ3v) is 4.11. The van der Waals surface area contributed by atoms with E-state index in [-0.39, 0.29) is 23.8 Å². The van der Waals surface area contributed by atoms with Gasteiger partial charge in [-0.1, -0.05) is 24.3 Å². The molecule has 0 heterocycles. The van der Waals surface area contributed by atoms with Crippen LogP contribution >= 0.6 is 0 Å². The number of nitrogens with zero attached hydrogens (tertiary/aromatic N) is 1. The Bertz CT molecular complexity index is 716. The fraction of sp³-hybridized carbons (Fsp3) is 0.316. The molecular weight excluding hydrogens is 310 g/mol. The second kappa shape index (κ2) is 7.53. The molecule has 0 atom stereocenters. The van der Waals surface area contributed by atoms with Crippen molar-refractivity contribution in [3.63, 3.8) is 0 Å². The van der Waals surface area contributed by atoms with E-state index in [1.54, 1.807) is 24.3 Å². The Balaban J connectivity index is 1.54. The zero-order valence-corrected chi connectivity index (χ0v) is 13.3. The lowest BCUT2D eigenvalue weighted by atomic mass is 10.2. The van der Waals surface area contributed by atoms with E-state index in [1.807, 2.05) is 6.07 Å². The minimum absolute atomic E-state index is 0.200. The van der Waals surface area contributed by atoms with Crippen LogP contribution < -0.4 is 5.32 Å². The predicted octanol–water partition coefficient (Wildman–Crippen LogP) is 3.96. The van der Waals surface area contributed by atoms with Crippen molar-refractivity contribution in [1.29, 1.82) is 0 Å². The van der Waals surface area contributed by atoms with Crippen LogP contribution in [0.5, 0.6) is 0 Å². The monoisotopic (exact) mass is 330 g/mol. The van der Waals surface area contributed by atoms with Crippen LogP contribution in [0, 0.1) is 11.6 Å². The Kier molecular flexibility index (Phi) is 5.20. The van der Waals surface area contributed by atoms with E-state index in [9.17, 15) is 13.6 Å².